The van der Waals surface area contributed by atoms with Crippen LogP contribution in [0.4, 0.5) is 5.69 Å². The van der Waals surface area contributed by atoms with E-state index >= 15 is 0 Å². The van der Waals surface area contributed by atoms with E-state index < -0.39 is 0 Å². The minimum absolute atomic E-state index is 0.258. The molecule has 2 nitrogen and oxygen atoms in total. The van der Waals surface area contributed by atoms with Gasteiger partial charge in [-0.1, -0.05) is 87.6 Å². The molecule has 0 saturated heterocycles. The Labute approximate surface area is 177 Å². The number of rotatable bonds is 14. The van der Waals surface area contributed by atoms with E-state index in [1.54, 1.807) is 0 Å². The third-order valence-corrected chi connectivity index (χ3v) is 5.89. The lowest BCUT2D eigenvalue weighted by Gasteiger charge is -2.24. The molecule has 0 atom stereocenters. The molecule has 0 aromatic heterocycles. The fourth-order valence-electron chi connectivity index (χ4n) is 3.14. The van der Waals surface area contributed by atoms with Crippen LogP contribution in [0.25, 0.3) is 0 Å². The van der Waals surface area contributed by atoms with Crippen LogP contribution in [0.1, 0.15) is 90.9 Å². The maximum atomic E-state index is 12.9. The first-order valence-electron chi connectivity index (χ1n) is 10.4. The van der Waals surface area contributed by atoms with Crippen molar-refractivity contribution in [1.29, 1.82) is 0 Å². The highest BCUT2D eigenvalue weighted by atomic mass is 79.9. The molecule has 0 radical (unpaired) electrons. The van der Waals surface area contributed by atoms with Gasteiger partial charge < -0.3 is 4.90 Å². The van der Waals surface area contributed by atoms with Crippen LogP contribution >= 0.6 is 31.9 Å². The van der Waals surface area contributed by atoms with Gasteiger partial charge in [-0.3, -0.25) is 4.79 Å². The molecule has 1 aromatic rings. The smallest absolute Gasteiger partial charge is 0.227 e. The van der Waals surface area contributed by atoms with Gasteiger partial charge in [0.2, 0.25) is 5.91 Å². The lowest BCUT2D eigenvalue weighted by molar-refractivity contribution is -0.118. The Hall–Kier alpha value is -0.350. The van der Waals surface area contributed by atoms with Crippen molar-refractivity contribution in [3.8, 4) is 0 Å². The summed E-state index contributed by atoms with van der Waals surface area (Å²) in [6.45, 7) is 5.28. The van der Waals surface area contributed by atoms with E-state index in [-0.39, 0.29) is 5.91 Å². The minimum atomic E-state index is 0.258. The summed E-state index contributed by atoms with van der Waals surface area (Å²) in [6.07, 6.45) is 14.0. The lowest BCUT2D eigenvalue weighted by Crippen LogP contribution is -2.32. The molecule has 0 N–H and O–H groups in total. The summed E-state index contributed by atoms with van der Waals surface area (Å²) < 4.78 is 2.01. The second-order valence-electron chi connectivity index (χ2n) is 7.07. The number of nitrogens with zero attached hydrogens (tertiary/aromatic N) is 1. The van der Waals surface area contributed by atoms with Gasteiger partial charge in [-0.15, -0.1) is 0 Å². The van der Waals surface area contributed by atoms with E-state index in [1.165, 1.54) is 51.4 Å². The normalized spacial score (nSPS) is 10.9. The Balaban J connectivity index is 2.62. The molecular weight excluding hydrogens is 454 g/mol. The largest absolute Gasteiger partial charge is 0.311 e. The zero-order valence-corrected chi connectivity index (χ0v) is 19.7. The molecule has 1 amide bonds. The van der Waals surface area contributed by atoms with Crippen molar-refractivity contribution in [3.63, 3.8) is 0 Å². The van der Waals surface area contributed by atoms with Crippen LogP contribution in [0.3, 0.4) is 0 Å². The van der Waals surface area contributed by atoms with Gasteiger partial charge in [0.15, 0.2) is 0 Å². The van der Waals surface area contributed by atoms with Crippen molar-refractivity contribution in [2.45, 2.75) is 90.9 Å². The summed E-state index contributed by atoms with van der Waals surface area (Å²) >= 11 is 7.18. The van der Waals surface area contributed by atoms with Gasteiger partial charge in [0.25, 0.3) is 0 Å². The van der Waals surface area contributed by atoms with Gasteiger partial charge in [0.05, 0.1) is 5.69 Å². The molecule has 0 unspecified atom stereocenters. The number of halogens is 2. The first-order valence-corrected chi connectivity index (χ1v) is 11.9. The molecule has 26 heavy (non-hydrogen) atoms. The van der Waals surface area contributed by atoms with Gasteiger partial charge in [-0.25, -0.2) is 0 Å². The van der Waals surface area contributed by atoms with E-state index in [1.807, 2.05) is 17.0 Å². The molecule has 0 fully saturated rings. The molecule has 4 heteroatoms. The van der Waals surface area contributed by atoms with Crippen molar-refractivity contribution in [2.24, 2.45) is 0 Å². The molecule has 0 bridgehead atoms. The Morgan fingerprint density at radius 1 is 0.846 bits per heavy atom. The van der Waals surface area contributed by atoms with Gasteiger partial charge in [-0.05, 0) is 47.0 Å². The van der Waals surface area contributed by atoms with Gasteiger partial charge in [0.1, 0.15) is 0 Å². The van der Waals surface area contributed by atoms with Crippen LogP contribution in [0.2, 0.25) is 0 Å². The zero-order valence-electron chi connectivity index (χ0n) is 16.5. The number of hydrogen-bond donors (Lipinski definition) is 0. The van der Waals surface area contributed by atoms with Crippen molar-refractivity contribution < 1.29 is 4.79 Å². The first-order chi connectivity index (χ1) is 12.6. The van der Waals surface area contributed by atoms with Crippen LogP contribution in [0.5, 0.6) is 0 Å². The average molecular weight is 489 g/mol. The molecule has 0 aliphatic carbocycles. The predicted octanol–water partition coefficient (Wildman–Crippen LogP) is 8.27. The monoisotopic (exact) mass is 487 g/mol. The molecule has 0 heterocycles. The number of carbonyl (C=O) groups excluding carboxylic acids is 1. The fraction of sp³-hybridized carbons (Fsp3) is 0.682. The standard InChI is InChI=1S/C22H35Br2NO/c1-3-5-7-9-11-13-17-25(21-18-19(23)15-16-20(21)24)22(26)14-12-10-8-6-4-2/h15-16,18H,3-14,17H2,1-2H3. The maximum Gasteiger partial charge on any atom is 0.227 e. The number of amides is 1. The fourth-order valence-corrected chi connectivity index (χ4v) is 3.95. The van der Waals surface area contributed by atoms with Crippen molar-refractivity contribution in [1.82, 2.24) is 0 Å². The lowest BCUT2D eigenvalue weighted by atomic mass is 10.1. The first kappa shape index (κ1) is 23.7. The molecule has 0 aliphatic rings. The van der Waals surface area contributed by atoms with Gasteiger partial charge >= 0.3 is 0 Å². The van der Waals surface area contributed by atoms with E-state index in [4.69, 9.17) is 0 Å². The molecule has 0 spiro atoms. The number of carbonyl (C=O) groups is 1. The highest BCUT2D eigenvalue weighted by Gasteiger charge is 2.18. The number of unbranched alkanes of at least 4 members (excludes halogenated alkanes) is 9. The molecule has 1 rings (SSSR count). The van der Waals surface area contributed by atoms with Crippen LogP contribution < -0.4 is 4.90 Å². The second kappa shape index (κ2) is 14.7. The maximum absolute atomic E-state index is 12.9. The quantitative estimate of drug-likeness (QED) is 0.241. The summed E-state index contributed by atoms with van der Waals surface area (Å²) in [5.74, 6) is 0.258. The topological polar surface area (TPSA) is 20.3 Å². The van der Waals surface area contributed by atoms with Crippen molar-refractivity contribution >= 4 is 43.5 Å². The van der Waals surface area contributed by atoms with Gasteiger partial charge in [-0.2, -0.15) is 0 Å². The number of benzene rings is 1. The SMILES string of the molecule is CCCCCCCCN(C(=O)CCCCCCC)c1cc(Br)ccc1Br. The van der Waals surface area contributed by atoms with E-state index in [2.05, 4.69) is 51.8 Å². The second-order valence-corrected chi connectivity index (χ2v) is 8.84. The third kappa shape index (κ3) is 9.55. The molecule has 1 aromatic carbocycles. The summed E-state index contributed by atoms with van der Waals surface area (Å²) in [4.78, 5) is 14.9. The third-order valence-electron chi connectivity index (χ3n) is 4.73. The Morgan fingerprint density at radius 2 is 1.42 bits per heavy atom. The number of hydrogen-bond acceptors (Lipinski definition) is 1. The minimum Gasteiger partial charge on any atom is -0.311 e. The predicted molar refractivity (Wildman–Crippen MR) is 121 cm³/mol. The summed E-state index contributed by atoms with van der Waals surface area (Å²) in [5.41, 5.74) is 0.992. The summed E-state index contributed by atoms with van der Waals surface area (Å²) in [7, 11) is 0. The Morgan fingerprint density at radius 3 is 2.08 bits per heavy atom. The van der Waals surface area contributed by atoms with E-state index in [0.717, 1.165) is 40.4 Å². The molecular formula is C22H35Br2NO. The summed E-state index contributed by atoms with van der Waals surface area (Å²) in [5, 5.41) is 0. The van der Waals surface area contributed by atoms with Crippen LogP contribution in [-0.4, -0.2) is 12.5 Å². The Kier molecular flexibility index (Phi) is 13.4. The number of anilines is 1. The van der Waals surface area contributed by atoms with Crippen molar-refractivity contribution in [2.75, 3.05) is 11.4 Å². The van der Waals surface area contributed by atoms with Crippen LogP contribution in [0.15, 0.2) is 27.1 Å². The molecule has 0 saturated carbocycles. The molecule has 0 aliphatic heterocycles. The zero-order chi connectivity index (χ0) is 19.2. The van der Waals surface area contributed by atoms with Gasteiger partial charge in [0, 0.05) is 21.9 Å². The molecule has 148 valence electrons. The average Bonchev–Trinajstić information content (AvgIpc) is 2.63. The highest BCUT2D eigenvalue weighted by molar-refractivity contribution is 9.11. The van der Waals surface area contributed by atoms with Crippen LogP contribution in [0, 0.1) is 0 Å². The Bertz CT molecular complexity index is 519. The van der Waals surface area contributed by atoms with E-state index in [0.29, 0.717) is 6.42 Å². The highest BCUT2D eigenvalue weighted by Crippen LogP contribution is 2.30. The van der Waals surface area contributed by atoms with E-state index in [9.17, 15) is 4.79 Å². The van der Waals surface area contributed by atoms with Crippen LogP contribution in [-0.2, 0) is 4.79 Å². The summed E-state index contributed by atoms with van der Waals surface area (Å²) in [6, 6.07) is 6.07. The van der Waals surface area contributed by atoms with Crippen molar-refractivity contribution in [3.05, 3.63) is 27.1 Å².